The number of hydrogen-bond acceptors (Lipinski definition) is 4. The molecule has 0 radical (unpaired) electrons. The van der Waals surface area contributed by atoms with Crippen LogP contribution in [-0.4, -0.2) is 21.4 Å². The van der Waals surface area contributed by atoms with Gasteiger partial charge in [-0.15, -0.1) is 0 Å². The second kappa shape index (κ2) is 9.49. The molecule has 6 nitrogen and oxygen atoms in total. The van der Waals surface area contributed by atoms with Crippen LogP contribution in [0.25, 0.3) is 0 Å². The Morgan fingerprint density at radius 1 is 0.933 bits per heavy atom. The molecule has 0 aliphatic heterocycles. The normalized spacial score (nSPS) is 12.2. The van der Waals surface area contributed by atoms with E-state index in [1.54, 1.807) is 24.3 Å². The minimum atomic E-state index is -3.89. The number of methoxy groups -OCH3 is 1. The fraction of sp³-hybridized carbons (Fsp3) is 0.0952. The number of nitrogens with one attached hydrogen (secondary N) is 2. The zero-order valence-corrected chi connectivity index (χ0v) is 18.1. The zero-order chi connectivity index (χ0) is 21.7. The van der Waals surface area contributed by atoms with Crippen molar-refractivity contribution in [1.29, 1.82) is 0 Å². The molecule has 0 fully saturated rings. The third-order valence-electron chi connectivity index (χ3n) is 4.20. The number of rotatable bonds is 7. The molecule has 9 heteroatoms. The van der Waals surface area contributed by atoms with E-state index >= 15 is 0 Å². The van der Waals surface area contributed by atoms with E-state index in [0.717, 1.165) is 0 Å². The van der Waals surface area contributed by atoms with Gasteiger partial charge in [0.2, 0.25) is 0 Å². The first-order valence-electron chi connectivity index (χ1n) is 8.77. The highest BCUT2D eigenvalue weighted by molar-refractivity contribution is 7.92. The summed E-state index contributed by atoms with van der Waals surface area (Å²) in [5.74, 6) is -0.372. The molecule has 0 saturated heterocycles. The van der Waals surface area contributed by atoms with Gasteiger partial charge in [-0.25, -0.2) is 8.42 Å². The van der Waals surface area contributed by atoms with Crippen LogP contribution in [0.3, 0.4) is 0 Å². The molecule has 0 aromatic heterocycles. The third-order valence-corrected chi connectivity index (χ3v) is 6.40. The molecular weight excluding hydrogens is 447 g/mol. The van der Waals surface area contributed by atoms with E-state index in [1.165, 1.54) is 37.4 Å². The van der Waals surface area contributed by atoms with Crippen LogP contribution in [0.2, 0.25) is 10.0 Å². The minimum Gasteiger partial charge on any atom is -0.367 e. The van der Waals surface area contributed by atoms with Crippen LogP contribution in [-0.2, 0) is 19.6 Å². The number of benzene rings is 3. The smallest absolute Gasteiger partial charge is 0.261 e. The molecule has 0 bridgehead atoms. The van der Waals surface area contributed by atoms with Crippen LogP contribution in [0.1, 0.15) is 11.7 Å². The first-order chi connectivity index (χ1) is 14.3. The van der Waals surface area contributed by atoms with E-state index in [4.69, 9.17) is 27.9 Å². The second-order valence-electron chi connectivity index (χ2n) is 6.25. The largest absolute Gasteiger partial charge is 0.367 e. The van der Waals surface area contributed by atoms with Gasteiger partial charge in [0.1, 0.15) is 0 Å². The highest BCUT2D eigenvalue weighted by Crippen LogP contribution is 2.31. The molecule has 3 rings (SSSR count). The molecule has 0 spiro atoms. The van der Waals surface area contributed by atoms with Gasteiger partial charge in [0.05, 0.1) is 20.6 Å². The van der Waals surface area contributed by atoms with E-state index < -0.39 is 16.1 Å². The summed E-state index contributed by atoms with van der Waals surface area (Å²) in [6.07, 6.45) is -0.791. The summed E-state index contributed by atoms with van der Waals surface area (Å²) in [5, 5.41) is 3.07. The number of carbonyl (C=O) groups excluding carboxylic acids is 1. The van der Waals surface area contributed by atoms with Gasteiger partial charge in [0.15, 0.2) is 6.10 Å². The minimum absolute atomic E-state index is 0.00268. The molecule has 0 aliphatic carbocycles. The lowest BCUT2D eigenvalue weighted by atomic mass is 10.1. The quantitative estimate of drug-likeness (QED) is 0.507. The van der Waals surface area contributed by atoms with Crippen molar-refractivity contribution in [1.82, 2.24) is 0 Å². The summed E-state index contributed by atoms with van der Waals surface area (Å²) >= 11 is 12.0. The first-order valence-corrected chi connectivity index (χ1v) is 11.0. The van der Waals surface area contributed by atoms with Crippen molar-refractivity contribution < 1.29 is 17.9 Å². The number of anilines is 2. The predicted octanol–water partition coefficient (Wildman–Crippen LogP) is 5.12. The van der Waals surface area contributed by atoms with Crippen molar-refractivity contribution in [2.45, 2.75) is 11.0 Å². The van der Waals surface area contributed by atoms with E-state index in [9.17, 15) is 13.2 Å². The predicted molar refractivity (Wildman–Crippen MR) is 119 cm³/mol. The molecule has 1 amide bonds. The van der Waals surface area contributed by atoms with Crippen LogP contribution in [0, 0.1) is 0 Å². The molecule has 0 saturated carbocycles. The van der Waals surface area contributed by atoms with Crippen molar-refractivity contribution in [3.05, 3.63) is 88.4 Å². The Labute approximate surface area is 184 Å². The molecule has 1 atom stereocenters. The van der Waals surface area contributed by atoms with Gasteiger partial charge < -0.3 is 10.1 Å². The lowest BCUT2D eigenvalue weighted by Crippen LogP contribution is -2.22. The Morgan fingerprint density at radius 3 is 2.23 bits per heavy atom. The molecule has 156 valence electrons. The summed E-state index contributed by atoms with van der Waals surface area (Å²) in [7, 11) is -2.45. The van der Waals surface area contributed by atoms with Crippen LogP contribution in [0.4, 0.5) is 11.4 Å². The van der Waals surface area contributed by atoms with Crippen LogP contribution >= 0.6 is 23.2 Å². The fourth-order valence-electron chi connectivity index (χ4n) is 2.73. The lowest BCUT2D eigenvalue weighted by Gasteiger charge is -2.16. The summed E-state index contributed by atoms with van der Waals surface area (Å²) in [4.78, 5) is 12.5. The topological polar surface area (TPSA) is 84.5 Å². The highest BCUT2D eigenvalue weighted by Gasteiger charge is 2.21. The lowest BCUT2D eigenvalue weighted by molar-refractivity contribution is -0.126. The molecule has 0 heterocycles. The van der Waals surface area contributed by atoms with Gasteiger partial charge in [0.25, 0.3) is 15.9 Å². The van der Waals surface area contributed by atoms with E-state index in [1.807, 2.05) is 18.2 Å². The Bertz CT molecular complexity index is 1140. The van der Waals surface area contributed by atoms with Gasteiger partial charge in [-0.3, -0.25) is 9.52 Å². The third kappa shape index (κ3) is 5.12. The van der Waals surface area contributed by atoms with Gasteiger partial charge in [0, 0.05) is 12.8 Å². The Kier molecular flexibility index (Phi) is 6.99. The van der Waals surface area contributed by atoms with E-state index in [0.29, 0.717) is 11.3 Å². The van der Waals surface area contributed by atoms with Crippen LogP contribution < -0.4 is 10.0 Å². The molecule has 2 N–H and O–H groups in total. The molecule has 30 heavy (non-hydrogen) atoms. The van der Waals surface area contributed by atoms with Crippen molar-refractivity contribution in [3.8, 4) is 0 Å². The Balaban J connectivity index is 1.74. The maximum Gasteiger partial charge on any atom is 0.261 e. The summed E-state index contributed by atoms with van der Waals surface area (Å²) in [6.45, 7) is 0. The monoisotopic (exact) mass is 464 g/mol. The van der Waals surface area contributed by atoms with Gasteiger partial charge in [-0.05, 0) is 42.0 Å². The second-order valence-corrected chi connectivity index (χ2v) is 8.71. The molecule has 3 aromatic carbocycles. The molecule has 3 aromatic rings. The van der Waals surface area contributed by atoms with Crippen molar-refractivity contribution in [2.75, 3.05) is 17.1 Å². The number of hydrogen-bond donors (Lipinski definition) is 2. The average Bonchev–Trinajstić information content (AvgIpc) is 2.73. The number of halogens is 2. The van der Waals surface area contributed by atoms with E-state index in [2.05, 4.69) is 10.0 Å². The van der Waals surface area contributed by atoms with Crippen LogP contribution in [0.5, 0.6) is 0 Å². The Morgan fingerprint density at radius 2 is 1.60 bits per heavy atom. The Hall–Kier alpha value is -2.58. The van der Waals surface area contributed by atoms with Gasteiger partial charge >= 0.3 is 0 Å². The van der Waals surface area contributed by atoms with E-state index in [-0.39, 0.29) is 26.5 Å². The summed E-state index contributed by atoms with van der Waals surface area (Å²) in [5.41, 5.74) is 1.31. The SMILES string of the molecule is CO[C@H](C(=O)Nc1ccc(S(=O)(=O)Nc2cccc(Cl)c2Cl)cc1)c1ccccc1. The fourth-order valence-corrected chi connectivity index (χ4v) is 4.21. The van der Waals surface area contributed by atoms with Crippen molar-refractivity contribution in [3.63, 3.8) is 0 Å². The van der Waals surface area contributed by atoms with Crippen LogP contribution in [0.15, 0.2) is 77.7 Å². The van der Waals surface area contributed by atoms with Crippen molar-refractivity contribution >= 4 is 50.5 Å². The summed E-state index contributed by atoms with van der Waals surface area (Å²) in [6, 6.07) is 19.4. The number of amides is 1. The highest BCUT2D eigenvalue weighted by atomic mass is 35.5. The average molecular weight is 465 g/mol. The van der Waals surface area contributed by atoms with Crippen molar-refractivity contribution in [2.24, 2.45) is 0 Å². The molecule has 0 aliphatic rings. The first kappa shape index (κ1) is 22.1. The zero-order valence-electron chi connectivity index (χ0n) is 15.8. The number of ether oxygens (including phenoxy) is 1. The summed E-state index contributed by atoms with van der Waals surface area (Å²) < 4.78 is 32.9. The van der Waals surface area contributed by atoms with Gasteiger partial charge in [-0.1, -0.05) is 59.6 Å². The maximum absolute atomic E-state index is 12.6. The number of sulfonamides is 1. The molecular formula is C21H18Cl2N2O4S. The molecule has 0 unspecified atom stereocenters. The standard InChI is InChI=1S/C21H18Cl2N2O4S/c1-29-20(14-6-3-2-4-7-14)21(26)24-15-10-12-16(13-11-15)30(27,28)25-18-9-5-8-17(22)19(18)23/h2-13,20,25H,1H3,(H,24,26)/t20-/m0/s1. The maximum atomic E-state index is 12.6. The number of carbonyl (C=O) groups is 1. The van der Waals surface area contributed by atoms with Gasteiger partial charge in [-0.2, -0.15) is 0 Å².